The number of hydrogen-bond donors (Lipinski definition) is 0. The van der Waals surface area contributed by atoms with Crippen molar-refractivity contribution in [2.75, 3.05) is 26.4 Å². The summed E-state index contributed by atoms with van der Waals surface area (Å²) in [5.41, 5.74) is 0. The van der Waals surface area contributed by atoms with Gasteiger partial charge in [-0.1, -0.05) is 33.3 Å². The van der Waals surface area contributed by atoms with Gasteiger partial charge in [0, 0.05) is 6.08 Å². The fourth-order valence-electron chi connectivity index (χ4n) is 1.32. The van der Waals surface area contributed by atoms with Gasteiger partial charge in [-0.15, -0.1) is 0 Å². The van der Waals surface area contributed by atoms with Gasteiger partial charge in [0.15, 0.2) is 6.10 Å². The van der Waals surface area contributed by atoms with Crippen LogP contribution in [-0.4, -0.2) is 50.8 Å². The number of hydrogen-bond acceptors (Lipinski definition) is 8. The van der Waals surface area contributed by atoms with Gasteiger partial charge in [-0.3, -0.25) is 0 Å². The van der Waals surface area contributed by atoms with E-state index < -0.39 is 24.4 Å². The Morgan fingerprint density at radius 3 is 1.96 bits per heavy atom. The molecule has 0 saturated heterocycles. The van der Waals surface area contributed by atoms with Crippen molar-refractivity contribution in [3.8, 4) is 0 Å². The van der Waals surface area contributed by atoms with Crippen molar-refractivity contribution in [3.63, 3.8) is 0 Å². The molecule has 0 aromatic heterocycles. The summed E-state index contributed by atoms with van der Waals surface area (Å²) in [6, 6.07) is 0. The molecule has 0 aliphatic rings. The molecule has 1 atom stereocenters. The van der Waals surface area contributed by atoms with Gasteiger partial charge in [0.05, 0.1) is 13.2 Å². The highest BCUT2D eigenvalue weighted by atomic mass is 16.8. The molecule has 8 nitrogen and oxygen atoms in total. The zero-order valence-corrected chi connectivity index (χ0v) is 14.3. The first-order valence-electron chi connectivity index (χ1n) is 7.95. The first-order chi connectivity index (χ1) is 11.5. The van der Waals surface area contributed by atoms with E-state index in [4.69, 9.17) is 23.7 Å². The van der Waals surface area contributed by atoms with Crippen LogP contribution in [0.15, 0.2) is 12.7 Å². The lowest BCUT2D eigenvalue weighted by Gasteiger charge is -2.17. The van der Waals surface area contributed by atoms with Crippen LogP contribution < -0.4 is 0 Å². The minimum Gasteiger partial charge on any atom is -0.458 e. The maximum absolute atomic E-state index is 11.5. The SMILES string of the molecule is C=CC(=O)OCC(COC(=O)OCCCC)OC(=O)OCCCC. The van der Waals surface area contributed by atoms with Crippen molar-refractivity contribution in [1.82, 2.24) is 0 Å². The van der Waals surface area contributed by atoms with Crippen molar-refractivity contribution in [1.29, 1.82) is 0 Å². The number of carbonyl (C=O) groups is 3. The fraction of sp³-hybridized carbons (Fsp3) is 0.688. The van der Waals surface area contributed by atoms with E-state index in [9.17, 15) is 14.4 Å². The lowest BCUT2D eigenvalue weighted by atomic mass is 10.4. The van der Waals surface area contributed by atoms with Crippen molar-refractivity contribution in [3.05, 3.63) is 12.7 Å². The third kappa shape index (κ3) is 12.3. The van der Waals surface area contributed by atoms with Crippen LogP contribution in [0.2, 0.25) is 0 Å². The van der Waals surface area contributed by atoms with E-state index in [1.165, 1.54) is 0 Å². The molecule has 0 rings (SSSR count). The third-order valence-electron chi connectivity index (χ3n) is 2.66. The topological polar surface area (TPSA) is 97.4 Å². The second kappa shape index (κ2) is 14.3. The van der Waals surface area contributed by atoms with Crippen molar-refractivity contribution in [2.45, 2.75) is 45.6 Å². The predicted molar refractivity (Wildman–Crippen MR) is 84.5 cm³/mol. The van der Waals surface area contributed by atoms with Gasteiger partial charge < -0.3 is 23.7 Å². The second-order valence-corrected chi connectivity index (χ2v) is 4.79. The van der Waals surface area contributed by atoms with Crippen LogP contribution in [-0.2, 0) is 28.5 Å². The van der Waals surface area contributed by atoms with Crippen LogP contribution in [0, 0.1) is 0 Å². The molecule has 0 spiro atoms. The van der Waals surface area contributed by atoms with E-state index in [0.717, 1.165) is 25.3 Å². The molecule has 0 radical (unpaired) electrons. The number of rotatable bonds is 12. The second-order valence-electron chi connectivity index (χ2n) is 4.79. The molecular formula is C16H26O8. The van der Waals surface area contributed by atoms with Gasteiger partial charge in [0.25, 0.3) is 0 Å². The van der Waals surface area contributed by atoms with Gasteiger partial charge in [-0.2, -0.15) is 0 Å². The normalized spacial score (nSPS) is 11.1. The Labute approximate surface area is 142 Å². The molecular weight excluding hydrogens is 320 g/mol. The van der Waals surface area contributed by atoms with E-state index in [1.807, 2.05) is 13.8 Å². The first-order valence-corrected chi connectivity index (χ1v) is 7.95. The maximum atomic E-state index is 11.5. The van der Waals surface area contributed by atoms with Crippen molar-refractivity contribution >= 4 is 18.3 Å². The quantitative estimate of drug-likeness (QED) is 0.230. The largest absolute Gasteiger partial charge is 0.508 e. The Morgan fingerprint density at radius 1 is 0.875 bits per heavy atom. The molecule has 138 valence electrons. The molecule has 0 fully saturated rings. The lowest BCUT2D eigenvalue weighted by Crippen LogP contribution is -2.31. The van der Waals surface area contributed by atoms with Gasteiger partial charge in [0.2, 0.25) is 0 Å². The molecule has 0 amide bonds. The number of esters is 1. The number of unbranched alkanes of at least 4 members (excludes halogenated alkanes) is 2. The first kappa shape index (κ1) is 21.8. The highest BCUT2D eigenvalue weighted by molar-refractivity contribution is 5.81. The number of carbonyl (C=O) groups excluding carboxylic acids is 3. The summed E-state index contributed by atoms with van der Waals surface area (Å²) >= 11 is 0. The van der Waals surface area contributed by atoms with Gasteiger partial charge in [-0.25, -0.2) is 14.4 Å². The molecule has 8 heteroatoms. The fourth-order valence-corrected chi connectivity index (χ4v) is 1.32. The monoisotopic (exact) mass is 346 g/mol. The Balaban J connectivity index is 4.30. The Bertz CT molecular complexity index is 394. The van der Waals surface area contributed by atoms with E-state index in [1.54, 1.807) is 0 Å². The molecule has 0 saturated carbocycles. The molecule has 0 N–H and O–H groups in total. The number of ether oxygens (including phenoxy) is 5. The summed E-state index contributed by atoms with van der Waals surface area (Å²) in [5, 5.41) is 0. The summed E-state index contributed by atoms with van der Waals surface area (Å²) in [6.45, 7) is 7.00. The zero-order chi connectivity index (χ0) is 18.2. The van der Waals surface area contributed by atoms with Crippen LogP contribution in [0.4, 0.5) is 9.59 Å². The third-order valence-corrected chi connectivity index (χ3v) is 2.66. The summed E-state index contributed by atoms with van der Waals surface area (Å²) in [6.07, 6.45) is 1.32. The highest BCUT2D eigenvalue weighted by Gasteiger charge is 2.20. The molecule has 0 bridgehead atoms. The smallest absolute Gasteiger partial charge is 0.458 e. The van der Waals surface area contributed by atoms with Crippen molar-refractivity contribution in [2.24, 2.45) is 0 Å². The van der Waals surface area contributed by atoms with E-state index in [0.29, 0.717) is 6.42 Å². The molecule has 0 aliphatic heterocycles. The minimum atomic E-state index is -0.998. The molecule has 0 aliphatic carbocycles. The van der Waals surface area contributed by atoms with Crippen LogP contribution in [0.25, 0.3) is 0 Å². The van der Waals surface area contributed by atoms with E-state index >= 15 is 0 Å². The Hall–Kier alpha value is -2.25. The van der Waals surface area contributed by atoms with Crippen molar-refractivity contribution < 1.29 is 38.1 Å². The predicted octanol–water partition coefficient (Wildman–Crippen LogP) is 2.99. The van der Waals surface area contributed by atoms with Gasteiger partial charge in [-0.05, 0) is 12.8 Å². The lowest BCUT2D eigenvalue weighted by molar-refractivity contribution is -0.142. The zero-order valence-electron chi connectivity index (χ0n) is 14.3. The molecule has 0 aromatic carbocycles. The molecule has 0 heterocycles. The maximum Gasteiger partial charge on any atom is 0.508 e. The minimum absolute atomic E-state index is 0.217. The van der Waals surface area contributed by atoms with E-state index in [-0.39, 0.29) is 26.4 Å². The van der Waals surface area contributed by atoms with Crippen LogP contribution in [0.3, 0.4) is 0 Å². The van der Waals surface area contributed by atoms with E-state index in [2.05, 4.69) is 6.58 Å². The van der Waals surface area contributed by atoms with Crippen LogP contribution >= 0.6 is 0 Å². The summed E-state index contributed by atoms with van der Waals surface area (Å²) in [5.74, 6) is -0.687. The summed E-state index contributed by atoms with van der Waals surface area (Å²) < 4.78 is 24.2. The summed E-state index contributed by atoms with van der Waals surface area (Å²) in [4.78, 5) is 34.0. The van der Waals surface area contributed by atoms with Gasteiger partial charge in [0.1, 0.15) is 13.2 Å². The average Bonchev–Trinajstić information content (AvgIpc) is 2.57. The van der Waals surface area contributed by atoms with Gasteiger partial charge >= 0.3 is 18.3 Å². The Kier molecular flexibility index (Phi) is 13.0. The van der Waals surface area contributed by atoms with Crippen LogP contribution in [0.5, 0.6) is 0 Å². The molecule has 1 unspecified atom stereocenters. The summed E-state index contributed by atoms with van der Waals surface area (Å²) in [7, 11) is 0. The standard InChI is InChI=1S/C16H26O8/c1-4-7-9-20-15(18)23-12-13(11-22-14(17)6-3)24-16(19)21-10-8-5-2/h6,13H,3-5,7-12H2,1-2H3. The molecule has 0 aromatic rings. The molecule has 24 heavy (non-hydrogen) atoms. The average molecular weight is 346 g/mol. The Morgan fingerprint density at radius 2 is 1.42 bits per heavy atom. The van der Waals surface area contributed by atoms with Crippen LogP contribution in [0.1, 0.15) is 39.5 Å². The highest BCUT2D eigenvalue weighted by Crippen LogP contribution is 2.02.